The SMILES string of the molecule is C[C@H]1CN([C@@H](C)CO)C(=O)c2cc(NS(=O)(=O)c3ccccc3)ccc2O[C@@H]1CN(C)Cc1ccc(Cl)c(Cl)c1. The van der Waals surface area contributed by atoms with Crippen LogP contribution in [-0.2, 0) is 16.6 Å². The number of anilines is 1. The number of hydrogen-bond donors (Lipinski definition) is 2. The van der Waals surface area contributed by atoms with Gasteiger partial charge in [-0.2, -0.15) is 0 Å². The molecule has 2 N–H and O–H groups in total. The minimum absolute atomic E-state index is 0.0707. The van der Waals surface area contributed by atoms with Crippen molar-refractivity contribution in [2.45, 2.75) is 37.4 Å². The molecule has 3 aromatic rings. The summed E-state index contributed by atoms with van der Waals surface area (Å²) < 4.78 is 34.8. The summed E-state index contributed by atoms with van der Waals surface area (Å²) in [6.45, 7) is 5.07. The van der Waals surface area contributed by atoms with Crippen molar-refractivity contribution in [3.63, 3.8) is 0 Å². The molecule has 1 amide bonds. The molecule has 0 saturated heterocycles. The number of nitrogens with one attached hydrogen (secondary N) is 1. The summed E-state index contributed by atoms with van der Waals surface area (Å²) >= 11 is 12.3. The number of fused-ring (bicyclic) bond motifs is 1. The minimum atomic E-state index is -3.86. The molecule has 40 heavy (non-hydrogen) atoms. The normalized spacial score (nSPS) is 18.5. The number of likely N-dealkylation sites (N-methyl/N-ethyl adjacent to an activating group) is 1. The molecular weight excluding hydrogens is 573 g/mol. The Kier molecular flexibility index (Phi) is 9.64. The van der Waals surface area contributed by atoms with Crippen molar-refractivity contribution in [3.8, 4) is 5.75 Å². The van der Waals surface area contributed by atoms with Crippen molar-refractivity contribution in [3.05, 3.63) is 87.9 Å². The standard InChI is InChI=1S/C29H33Cl2N3O5S/c1-19-15-34(20(2)18-35)29(36)24-14-22(32-40(37,38)23-7-5-4-6-8-23)10-12-27(24)39-28(19)17-33(3)16-21-9-11-25(30)26(31)13-21/h4-14,19-20,28,32,35H,15-18H2,1-3H3/t19-,20-,28+/m0/s1. The lowest BCUT2D eigenvalue weighted by Crippen LogP contribution is -2.49. The Morgan fingerprint density at radius 3 is 2.50 bits per heavy atom. The first kappa shape index (κ1) is 30.1. The summed E-state index contributed by atoms with van der Waals surface area (Å²) in [6, 6.07) is 17.8. The van der Waals surface area contributed by atoms with Crippen LogP contribution in [0.4, 0.5) is 5.69 Å². The summed E-state index contributed by atoms with van der Waals surface area (Å²) in [4.78, 5) is 17.5. The lowest BCUT2D eigenvalue weighted by atomic mass is 9.99. The Labute approximate surface area is 245 Å². The number of aliphatic hydroxyl groups is 1. The molecule has 1 aliphatic rings. The van der Waals surface area contributed by atoms with Gasteiger partial charge in [0.05, 0.1) is 33.2 Å². The van der Waals surface area contributed by atoms with Gasteiger partial charge in [0.1, 0.15) is 11.9 Å². The maximum absolute atomic E-state index is 13.7. The van der Waals surface area contributed by atoms with E-state index in [0.29, 0.717) is 35.4 Å². The lowest BCUT2D eigenvalue weighted by molar-refractivity contribution is 0.0341. The zero-order valence-electron chi connectivity index (χ0n) is 22.6. The average Bonchev–Trinajstić information content (AvgIpc) is 2.93. The zero-order chi connectivity index (χ0) is 29.0. The van der Waals surface area contributed by atoms with Crippen LogP contribution in [-0.4, -0.2) is 68.1 Å². The number of hydrogen-bond acceptors (Lipinski definition) is 6. The maximum Gasteiger partial charge on any atom is 0.261 e. The molecule has 0 radical (unpaired) electrons. The number of sulfonamides is 1. The highest BCUT2D eigenvalue weighted by Gasteiger charge is 2.33. The number of benzene rings is 3. The van der Waals surface area contributed by atoms with Gasteiger partial charge < -0.3 is 14.7 Å². The topological polar surface area (TPSA) is 99.2 Å². The van der Waals surface area contributed by atoms with Crippen molar-refractivity contribution < 1.29 is 23.1 Å². The summed E-state index contributed by atoms with van der Waals surface area (Å²) in [5.74, 6) is -0.0623. The molecule has 0 aromatic heterocycles. The van der Waals surface area contributed by atoms with Gasteiger partial charge in [-0.1, -0.05) is 54.4 Å². The fraction of sp³-hybridized carbons (Fsp3) is 0.345. The molecule has 8 nitrogen and oxygen atoms in total. The second kappa shape index (κ2) is 12.8. The van der Waals surface area contributed by atoms with Gasteiger partial charge >= 0.3 is 0 Å². The van der Waals surface area contributed by atoms with Crippen LogP contribution < -0.4 is 9.46 Å². The quantitative estimate of drug-likeness (QED) is 0.350. The predicted molar refractivity (Wildman–Crippen MR) is 158 cm³/mol. The third-order valence-corrected chi connectivity index (χ3v) is 9.03. The van der Waals surface area contributed by atoms with Crippen LogP contribution in [0.25, 0.3) is 0 Å². The highest BCUT2D eigenvalue weighted by atomic mass is 35.5. The van der Waals surface area contributed by atoms with Crippen molar-refractivity contribution in [1.82, 2.24) is 9.80 Å². The summed E-state index contributed by atoms with van der Waals surface area (Å²) in [5, 5.41) is 10.9. The van der Waals surface area contributed by atoms with Gasteiger partial charge in [-0.25, -0.2) is 8.42 Å². The van der Waals surface area contributed by atoms with Gasteiger partial charge in [-0.3, -0.25) is 14.4 Å². The highest BCUT2D eigenvalue weighted by molar-refractivity contribution is 7.92. The van der Waals surface area contributed by atoms with Gasteiger partial charge in [-0.15, -0.1) is 0 Å². The third-order valence-electron chi connectivity index (χ3n) is 6.90. The van der Waals surface area contributed by atoms with Crippen molar-refractivity contribution in [2.75, 3.05) is 31.5 Å². The fourth-order valence-electron chi connectivity index (χ4n) is 4.64. The smallest absolute Gasteiger partial charge is 0.261 e. The summed E-state index contributed by atoms with van der Waals surface area (Å²) in [7, 11) is -1.89. The van der Waals surface area contributed by atoms with E-state index in [2.05, 4.69) is 9.62 Å². The Hall–Kier alpha value is -2.82. The Morgan fingerprint density at radius 1 is 1.10 bits per heavy atom. The average molecular weight is 607 g/mol. The number of rotatable bonds is 9. The molecule has 3 atom stereocenters. The fourth-order valence-corrected chi connectivity index (χ4v) is 6.03. The van der Waals surface area contributed by atoms with Crippen molar-refractivity contribution >= 4 is 44.8 Å². The van der Waals surface area contributed by atoms with E-state index in [1.54, 1.807) is 48.2 Å². The van der Waals surface area contributed by atoms with Crippen molar-refractivity contribution in [2.24, 2.45) is 5.92 Å². The molecule has 0 aliphatic carbocycles. The van der Waals surface area contributed by atoms with E-state index in [0.717, 1.165) is 5.56 Å². The first-order valence-corrected chi connectivity index (χ1v) is 15.1. The van der Waals surface area contributed by atoms with Crippen molar-refractivity contribution in [1.29, 1.82) is 0 Å². The Morgan fingerprint density at radius 2 is 1.82 bits per heavy atom. The number of carbonyl (C=O) groups is 1. The van der Waals surface area contributed by atoms with Crippen LogP contribution in [0.5, 0.6) is 5.75 Å². The van der Waals surface area contributed by atoms with Crippen LogP contribution in [0, 0.1) is 5.92 Å². The molecule has 1 aliphatic heterocycles. The largest absolute Gasteiger partial charge is 0.488 e. The number of aliphatic hydroxyl groups excluding tert-OH is 1. The highest BCUT2D eigenvalue weighted by Crippen LogP contribution is 2.32. The van der Waals surface area contributed by atoms with E-state index in [1.807, 2.05) is 26.1 Å². The third kappa shape index (κ3) is 7.08. The van der Waals surface area contributed by atoms with E-state index in [4.69, 9.17) is 27.9 Å². The van der Waals surface area contributed by atoms with E-state index in [9.17, 15) is 18.3 Å². The van der Waals surface area contributed by atoms with Crippen LogP contribution >= 0.6 is 23.2 Å². The Bertz CT molecular complexity index is 1460. The first-order valence-electron chi connectivity index (χ1n) is 12.9. The summed E-state index contributed by atoms with van der Waals surface area (Å²) in [5.41, 5.74) is 1.45. The molecule has 214 valence electrons. The Balaban J connectivity index is 1.62. The van der Waals surface area contributed by atoms with Gasteiger partial charge in [0.25, 0.3) is 15.9 Å². The van der Waals surface area contributed by atoms with E-state index in [-0.39, 0.29) is 40.7 Å². The second-order valence-corrected chi connectivity index (χ2v) is 12.7. The van der Waals surface area contributed by atoms with Crippen LogP contribution in [0.1, 0.15) is 29.8 Å². The van der Waals surface area contributed by atoms with Gasteiger partial charge in [0.15, 0.2) is 0 Å². The van der Waals surface area contributed by atoms with E-state index >= 15 is 0 Å². The number of carbonyl (C=O) groups excluding carboxylic acids is 1. The molecule has 0 unspecified atom stereocenters. The molecule has 11 heteroatoms. The van der Waals surface area contributed by atoms with E-state index in [1.165, 1.54) is 18.2 Å². The number of halogens is 2. The van der Waals surface area contributed by atoms with E-state index < -0.39 is 16.1 Å². The number of ether oxygens (including phenoxy) is 1. The first-order chi connectivity index (χ1) is 19.0. The van der Waals surface area contributed by atoms with Gasteiger partial charge in [-0.05, 0) is 62.0 Å². The maximum atomic E-state index is 13.7. The van der Waals surface area contributed by atoms with Gasteiger partial charge in [0, 0.05) is 31.2 Å². The lowest BCUT2D eigenvalue weighted by Gasteiger charge is -2.38. The van der Waals surface area contributed by atoms with Gasteiger partial charge in [0.2, 0.25) is 0 Å². The zero-order valence-corrected chi connectivity index (χ0v) is 24.9. The minimum Gasteiger partial charge on any atom is -0.488 e. The van der Waals surface area contributed by atoms with Crippen LogP contribution in [0.15, 0.2) is 71.6 Å². The molecule has 0 fully saturated rings. The molecule has 0 bridgehead atoms. The molecule has 0 saturated carbocycles. The summed E-state index contributed by atoms with van der Waals surface area (Å²) in [6.07, 6.45) is -0.306. The molecule has 3 aromatic carbocycles. The molecule has 0 spiro atoms. The number of nitrogens with zero attached hydrogens (tertiary/aromatic N) is 2. The van der Waals surface area contributed by atoms with Crippen LogP contribution in [0.2, 0.25) is 10.0 Å². The van der Waals surface area contributed by atoms with Crippen LogP contribution in [0.3, 0.4) is 0 Å². The number of amides is 1. The molecule has 4 rings (SSSR count). The second-order valence-electron chi connectivity index (χ2n) is 10.2. The monoisotopic (exact) mass is 605 g/mol. The predicted octanol–water partition coefficient (Wildman–Crippen LogP) is 5.15. The molecule has 1 heterocycles. The molecular formula is C29H33Cl2N3O5S.